The van der Waals surface area contributed by atoms with E-state index in [1.807, 2.05) is 0 Å². The number of hydrogen-bond donors (Lipinski definition) is 0. The van der Waals surface area contributed by atoms with Gasteiger partial charge in [0.15, 0.2) is 5.78 Å². The van der Waals surface area contributed by atoms with E-state index in [1.165, 1.54) is 25.9 Å². The van der Waals surface area contributed by atoms with E-state index < -0.39 is 0 Å². The molecular weight excluding hydrogens is 288 g/mol. The fourth-order valence-corrected chi connectivity index (χ4v) is 3.67. The molecular formula is C18H36N4O. The van der Waals surface area contributed by atoms with Gasteiger partial charge < -0.3 is 4.90 Å². The molecule has 1 saturated heterocycles. The Morgan fingerprint density at radius 2 is 1.43 bits per heavy atom. The molecule has 1 spiro atoms. The number of allylic oxidation sites excluding steroid dienone is 2. The van der Waals surface area contributed by atoms with Gasteiger partial charge in [0, 0.05) is 6.42 Å². The van der Waals surface area contributed by atoms with Crippen molar-refractivity contribution in [3.8, 4) is 0 Å². The molecule has 1 heterocycles. The molecule has 2 aliphatic rings. The van der Waals surface area contributed by atoms with Crippen LogP contribution in [-0.2, 0) is 4.79 Å². The molecule has 0 amide bonds. The molecule has 1 fully saturated rings. The van der Waals surface area contributed by atoms with Crippen molar-refractivity contribution in [2.45, 2.75) is 32.0 Å². The first-order valence-electron chi connectivity index (χ1n) is 8.57. The molecule has 0 unspecified atom stereocenters. The van der Waals surface area contributed by atoms with Crippen LogP contribution in [0.3, 0.4) is 0 Å². The van der Waals surface area contributed by atoms with Crippen LogP contribution in [0, 0.1) is 5.41 Å². The lowest BCUT2D eigenvalue weighted by atomic mass is 9.72. The van der Waals surface area contributed by atoms with Crippen molar-refractivity contribution in [2.24, 2.45) is 5.41 Å². The van der Waals surface area contributed by atoms with Gasteiger partial charge in [0.2, 0.25) is 0 Å². The Labute approximate surface area is 142 Å². The Hall–Kier alpha value is -0.750. The number of carbonyl (C=O) groups is 1. The molecule has 1 aliphatic heterocycles. The van der Waals surface area contributed by atoms with E-state index in [2.05, 4.69) is 75.0 Å². The molecule has 0 aromatic rings. The van der Waals surface area contributed by atoms with Crippen molar-refractivity contribution in [1.82, 2.24) is 19.6 Å². The first-order valence-corrected chi connectivity index (χ1v) is 8.57. The van der Waals surface area contributed by atoms with Gasteiger partial charge in [-0.2, -0.15) is 0 Å². The van der Waals surface area contributed by atoms with Gasteiger partial charge in [-0.05, 0) is 93.2 Å². The maximum atomic E-state index is 11.1. The molecule has 23 heavy (non-hydrogen) atoms. The first-order chi connectivity index (χ1) is 10.7. The summed E-state index contributed by atoms with van der Waals surface area (Å²) in [6.45, 7) is 2.36. The van der Waals surface area contributed by atoms with Crippen molar-refractivity contribution < 1.29 is 4.79 Å². The third-order valence-corrected chi connectivity index (χ3v) is 4.86. The van der Waals surface area contributed by atoms with E-state index in [1.54, 1.807) is 6.08 Å². The largest absolute Gasteiger partial charge is 0.306 e. The smallest absolute Gasteiger partial charge is 0.155 e. The number of likely N-dealkylation sites (tertiary alicyclic amines) is 1. The highest BCUT2D eigenvalue weighted by Crippen LogP contribution is 2.39. The highest BCUT2D eigenvalue weighted by Gasteiger charge is 2.33. The third kappa shape index (κ3) is 6.34. The molecule has 0 aromatic carbocycles. The second-order valence-corrected chi connectivity index (χ2v) is 7.70. The molecule has 0 atom stereocenters. The van der Waals surface area contributed by atoms with Gasteiger partial charge in [-0.25, -0.2) is 0 Å². The Morgan fingerprint density at radius 3 is 1.74 bits per heavy atom. The van der Waals surface area contributed by atoms with Crippen LogP contribution >= 0.6 is 0 Å². The SMILES string of the molecule is CN(C)C(N(C)C)N(C)C.CN1CCC2(C=CC(=O)CC2)CC1. The summed E-state index contributed by atoms with van der Waals surface area (Å²) in [5, 5.41) is 0. The summed E-state index contributed by atoms with van der Waals surface area (Å²) in [6.07, 6.45) is 8.66. The van der Waals surface area contributed by atoms with Gasteiger partial charge in [-0.15, -0.1) is 0 Å². The van der Waals surface area contributed by atoms with E-state index in [0.29, 0.717) is 17.5 Å². The first kappa shape index (κ1) is 20.3. The predicted octanol–water partition coefficient (Wildman–Crippen LogP) is 1.57. The van der Waals surface area contributed by atoms with E-state index in [-0.39, 0.29) is 0 Å². The zero-order valence-corrected chi connectivity index (χ0v) is 16.2. The number of piperidine rings is 1. The molecule has 134 valence electrons. The fraction of sp³-hybridized carbons (Fsp3) is 0.833. The lowest BCUT2D eigenvalue weighted by Crippen LogP contribution is -2.50. The summed E-state index contributed by atoms with van der Waals surface area (Å²) in [7, 11) is 14.6. The number of hydrogen-bond acceptors (Lipinski definition) is 5. The second kappa shape index (κ2) is 8.92. The van der Waals surface area contributed by atoms with Crippen LogP contribution in [0.25, 0.3) is 0 Å². The molecule has 2 rings (SSSR count). The quantitative estimate of drug-likeness (QED) is 0.736. The van der Waals surface area contributed by atoms with Crippen LogP contribution in [0.15, 0.2) is 12.2 Å². The van der Waals surface area contributed by atoms with Crippen molar-refractivity contribution in [2.75, 3.05) is 62.4 Å². The predicted molar refractivity (Wildman–Crippen MR) is 97.4 cm³/mol. The van der Waals surface area contributed by atoms with Gasteiger partial charge >= 0.3 is 0 Å². The maximum absolute atomic E-state index is 11.1. The molecule has 1 aliphatic carbocycles. The van der Waals surface area contributed by atoms with Crippen molar-refractivity contribution in [3.05, 3.63) is 12.2 Å². The molecule has 0 N–H and O–H groups in total. The van der Waals surface area contributed by atoms with Crippen LogP contribution in [-0.4, -0.2) is 94.1 Å². The minimum absolute atomic E-state index is 0.310. The lowest BCUT2D eigenvalue weighted by Gasteiger charge is -2.40. The highest BCUT2D eigenvalue weighted by atomic mass is 16.1. The monoisotopic (exact) mass is 324 g/mol. The number of carbonyl (C=O) groups excluding carboxylic acids is 1. The van der Waals surface area contributed by atoms with E-state index >= 15 is 0 Å². The summed E-state index contributed by atoms with van der Waals surface area (Å²) >= 11 is 0. The standard InChI is InChI=1S/C11H17NO.C7H19N3/c1-12-8-6-11(7-9-12)4-2-10(13)3-5-11;1-8(2)7(9(3)4)10(5)6/h2,4H,3,5-9H2,1H3;7H,1-6H3. The fourth-order valence-electron chi connectivity index (χ4n) is 3.67. The molecule has 0 radical (unpaired) electrons. The zero-order chi connectivity index (χ0) is 17.6. The summed E-state index contributed by atoms with van der Waals surface area (Å²) in [5.41, 5.74) is 0.375. The molecule has 0 bridgehead atoms. The van der Waals surface area contributed by atoms with Gasteiger partial charge in [-0.1, -0.05) is 6.08 Å². The lowest BCUT2D eigenvalue weighted by molar-refractivity contribution is -0.115. The average Bonchev–Trinajstić information content (AvgIpc) is 2.45. The molecule has 0 aromatic heterocycles. The summed E-state index contributed by atoms with van der Waals surface area (Å²) in [6, 6.07) is 0. The zero-order valence-electron chi connectivity index (χ0n) is 16.2. The van der Waals surface area contributed by atoms with Crippen molar-refractivity contribution in [1.29, 1.82) is 0 Å². The van der Waals surface area contributed by atoms with E-state index in [0.717, 1.165) is 12.8 Å². The molecule has 5 nitrogen and oxygen atoms in total. The van der Waals surface area contributed by atoms with Crippen LogP contribution in [0.1, 0.15) is 25.7 Å². The van der Waals surface area contributed by atoms with Crippen LogP contribution < -0.4 is 0 Å². The van der Waals surface area contributed by atoms with Crippen LogP contribution in [0.2, 0.25) is 0 Å². The Balaban J connectivity index is 0.000000241. The van der Waals surface area contributed by atoms with Crippen molar-refractivity contribution >= 4 is 5.78 Å². The van der Waals surface area contributed by atoms with Crippen molar-refractivity contribution in [3.63, 3.8) is 0 Å². The van der Waals surface area contributed by atoms with E-state index in [9.17, 15) is 4.79 Å². The number of rotatable bonds is 3. The number of nitrogens with zero attached hydrogens (tertiary/aromatic N) is 4. The molecule has 5 heteroatoms. The highest BCUT2D eigenvalue weighted by molar-refractivity contribution is 5.90. The van der Waals surface area contributed by atoms with Gasteiger partial charge in [-0.3, -0.25) is 19.5 Å². The Bertz CT molecular complexity index is 377. The normalized spacial score (nSPS) is 21.4. The number of ketones is 1. The van der Waals surface area contributed by atoms with Gasteiger partial charge in [0.25, 0.3) is 0 Å². The average molecular weight is 325 g/mol. The summed E-state index contributed by atoms with van der Waals surface area (Å²) in [5.74, 6) is 0.310. The van der Waals surface area contributed by atoms with Crippen LogP contribution in [0.5, 0.6) is 0 Å². The minimum atomic E-state index is 0.310. The van der Waals surface area contributed by atoms with Gasteiger partial charge in [0.1, 0.15) is 6.29 Å². The Kier molecular flexibility index (Phi) is 7.87. The Morgan fingerprint density at radius 1 is 0.957 bits per heavy atom. The third-order valence-electron chi connectivity index (χ3n) is 4.86. The summed E-state index contributed by atoms with van der Waals surface area (Å²) in [4.78, 5) is 19.9. The van der Waals surface area contributed by atoms with Gasteiger partial charge in [0.05, 0.1) is 0 Å². The molecule has 0 saturated carbocycles. The second-order valence-electron chi connectivity index (χ2n) is 7.70. The minimum Gasteiger partial charge on any atom is -0.306 e. The maximum Gasteiger partial charge on any atom is 0.155 e. The topological polar surface area (TPSA) is 30.0 Å². The van der Waals surface area contributed by atoms with Crippen LogP contribution in [0.4, 0.5) is 0 Å². The summed E-state index contributed by atoms with van der Waals surface area (Å²) < 4.78 is 0. The van der Waals surface area contributed by atoms with E-state index in [4.69, 9.17) is 0 Å².